The number of sulfonamides is 1. The van der Waals surface area contributed by atoms with Gasteiger partial charge in [0.05, 0.1) is 28.8 Å². The topological polar surface area (TPSA) is 72.6 Å². The lowest BCUT2D eigenvalue weighted by Crippen LogP contribution is -2.46. The number of nitrogen functional groups attached to an aromatic ring is 1. The van der Waals surface area contributed by atoms with E-state index in [1.54, 1.807) is 13.0 Å². The van der Waals surface area contributed by atoms with Crippen LogP contribution in [0.25, 0.3) is 0 Å². The van der Waals surface area contributed by atoms with Crippen molar-refractivity contribution in [1.82, 2.24) is 4.31 Å². The van der Waals surface area contributed by atoms with E-state index in [1.165, 1.54) is 10.4 Å². The molecule has 5 nitrogen and oxygen atoms in total. The molecule has 0 bridgehead atoms. The van der Waals surface area contributed by atoms with E-state index in [4.69, 9.17) is 22.1 Å². The second-order valence-corrected chi connectivity index (χ2v) is 6.95. The van der Waals surface area contributed by atoms with Crippen molar-refractivity contribution in [3.8, 4) is 0 Å². The molecule has 1 aromatic rings. The molecule has 1 aliphatic rings. The summed E-state index contributed by atoms with van der Waals surface area (Å²) in [4.78, 5) is 0.181. The Kier molecular flexibility index (Phi) is 4.06. The van der Waals surface area contributed by atoms with Crippen LogP contribution in [0.2, 0.25) is 5.02 Å². The van der Waals surface area contributed by atoms with Gasteiger partial charge >= 0.3 is 0 Å². The lowest BCUT2D eigenvalue weighted by molar-refractivity contribution is 0.0393. The first-order valence-corrected chi connectivity index (χ1v) is 7.81. The average molecular weight is 305 g/mol. The van der Waals surface area contributed by atoms with Crippen LogP contribution in [0.5, 0.6) is 0 Å². The maximum absolute atomic E-state index is 12.6. The molecule has 0 radical (unpaired) electrons. The molecule has 0 aromatic heterocycles. The van der Waals surface area contributed by atoms with E-state index >= 15 is 0 Å². The van der Waals surface area contributed by atoms with Crippen molar-refractivity contribution in [2.24, 2.45) is 0 Å². The summed E-state index contributed by atoms with van der Waals surface area (Å²) in [7, 11) is -3.56. The Morgan fingerprint density at radius 1 is 1.47 bits per heavy atom. The lowest BCUT2D eigenvalue weighted by atomic mass is 10.2. The number of morpholine rings is 1. The Morgan fingerprint density at radius 2 is 2.16 bits per heavy atom. The van der Waals surface area contributed by atoms with Gasteiger partial charge in [-0.3, -0.25) is 0 Å². The van der Waals surface area contributed by atoms with E-state index < -0.39 is 10.0 Å². The van der Waals surface area contributed by atoms with Crippen molar-refractivity contribution in [3.05, 3.63) is 22.7 Å². The van der Waals surface area contributed by atoms with Crippen LogP contribution in [0.15, 0.2) is 17.0 Å². The van der Waals surface area contributed by atoms with Crippen LogP contribution < -0.4 is 5.73 Å². The normalized spacial score (nSPS) is 21.5. The third-order valence-corrected chi connectivity index (χ3v) is 5.68. The molecule has 2 rings (SSSR count). The monoisotopic (exact) mass is 304 g/mol. The van der Waals surface area contributed by atoms with Gasteiger partial charge in [0.25, 0.3) is 0 Å². The number of ether oxygens (including phenoxy) is 1. The molecule has 1 fully saturated rings. The van der Waals surface area contributed by atoms with Gasteiger partial charge in [0, 0.05) is 12.6 Å². The average Bonchev–Trinajstić information content (AvgIpc) is 2.35. The van der Waals surface area contributed by atoms with Gasteiger partial charge in [0.1, 0.15) is 0 Å². The quantitative estimate of drug-likeness (QED) is 0.843. The number of anilines is 1. The molecular formula is C12H17ClN2O3S. The molecule has 0 spiro atoms. The number of hydrogen-bond donors (Lipinski definition) is 1. The predicted octanol–water partition coefficient (Wildman–Crippen LogP) is 1.64. The standard InChI is InChI=1S/C12H17ClN2O3S/c1-8-5-10(6-11(14)12(8)13)19(16,17)15-3-4-18-7-9(15)2/h5-6,9H,3-4,7,14H2,1-2H3. The highest BCUT2D eigenvalue weighted by Gasteiger charge is 2.32. The molecule has 1 heterocycles. The summed E-state index contributed by atoms with van der Waals surface area (Å²) in [6.07, 6.45) is 0. The minimum Gasteiger partial charge on any atom is -0.397 e. The van der Waals surface area contributed by atoms with E-state index in [-0.39, 0.29) is 16.6 Å². The van der Waals surface area contributed by atoms with Gasteiger partial charge < -0.3 is 10.5 Å². The zero-order valence-electron chi connectivity index (χ0n) is 10.9. The van der Waals surface area contributed by atoms with E-state index in [0.717, 1.165) is 0 Å². The van der Waals surface area contributed by atoms with Crippen LogP contribution in [-0.2, 0) is 14.8 Å². The number of nitrogens with zero attached hydrogens (tertiary/aromatic N) is 1. The van der Waals surface area contributed by atoms with Crippen molar-refractivity contribution in [2.75, 3.05) is 25.5 Å². The molecular weight excluding hydrogens is 288 g/mol. The van der Waals surface area contributed by atoms with Gasteiger partial charge in [0.15, 0.2) is 0 Å². The maximum Gasteiger partial charge on any atom is 0.243 e. The highest BCUT2D eigenvalue weighted by molar-refractivity contribution is 7.89. The minimum absolute atomic E-state index is 0.181. The Bertz CT molecular complexity index is 566. The first kappa shape index (κ1) is 14.6. The van der Waals surface area contributed by atoms with Gasteiger partial charge in [-0.05, 0) is 31.5 Å². The van der Waals surface area contributed by atoms with Crippen molar-refractivity contribution in [1.29, 1.82) is 0 Å². The largest absolute Gasteiger partial charge is 0.397 e. The van der Waals surface area contributed by atoms with Crippen LogP contribution in [0.1, 0.15) is 12.5 Å². The molecule has 0 aliphatic carbocycles. The third kappa shape index (κ3) is 2.72. The fourth-order valence-corrected chi connectivity index (χ4v) is 3.95. The molecule has 1 atom stereocenters. The van der Waals surface area contributed by atoms with E-state index in [1.807, 2.05) is 6.92 Å². The van der Waals surface area contributed by atoms with Gasteiger partial charge in [0.2, 0.25) is 10.0 Å². The zero-order chi connectivity index (χ0) is 14.2. The molecule has 2 N–H and O–H groups in total. The van der Waals surface area contributed by atoms with Gasteiger partial charge in [-0.2, -0.15) is 4.31 Å². The molecule has 1 aromatic carbocycles. The molecule has 0 amide bonds. The summed E-state index contributed by atoms with van der Waals surface area (Å²) < 4.78 is 31.9. The summed E-state index contributed by atoms with van der Waals surface area (Å²) >= 11 is 5.96. The molecule has 1 unspecified atom stereocenters. The number of nitrogens with two attached hydrogens (primary N) is 1. The Morgan fingerprint density at radius 3 is 2.74 bits per heavy atom. The van der Waals surface area contributed by atoms with Gasteiger partial charge in [-0.1, -0.05) is 11.6 Å². The van der Waals surface area contributed by atoms with Crippen molar-refractivity contribution >= 4 is 27.3 Å². The number of benzene rings is 1. The summed E-state index contributed by atoms with van der Waals surface area (Å²) in [5, 5.41) is 0.397. The summed E-state index contributed by atoms with van der Waals surface area (Å²) in [5.74, 6) is 0. The SMILES string of the molecule is Cc1cc(S(=O)(=O)N2CCOCC2C)cc(N)c1Cl. The fourth-order valence-electron chi connectivity index (χ4n) is 2.12. The highest BCUT2D eigenvalue weighted by atomic mass is 35.5. The first-order valence-electron chi connectivity index (χ1n) is 5.99. The predicted molar refractivity (Wildman–Crippen MR) is 74.8 cm³/mol. The lowest BCUT2D eigenvalue weighted by Gasteiger charge is -2.32. The second-order valence-electron chi connectivity index (χ2n) is 4.68. The maximum atomic E-state index is 12.6. The second kappa shape index (κ2) is 5.28. The number of halogens is 1. The third-order valence-electron chi connectivity index (χ3n) is 3.17. The minimum atomic E-state index is -3.56. The fraction of sp³-hybridized carbons (Fsp3) is 0.500. The molecule has 106 valence electrons. The van der Waals surface area contributed by atoms with Crippen LogP contribution in [0.3, 0.4) is 0 Å². The zero-order valence-corrected chi connectivity index (χ0v) is 12.5. The Labute approximate surface area is 118 Å². The van der Waals surface area contributed by atoms with E-state index in [0.29, 0.717) is 30.3 Å². The molecule has 7 heteroatoms. The van der Waals surface area contributed by atoms with Gasteiger partial charge in [-0.15, -0.1) is 0 Å². The Balaban J connectivity index is 2.44. The van der Waals surface area contributed by atoms with Crippen LogP contribution >= 0.6 is 11.6 Å². The summed E-state index contributed by atoms with van der Waals surface area (Å²) in [6, 6.07) is 2.78. The van der Waals surface area contributed by atoms with Crippen molar-refractivity contribution in [2.45, 2.75) is 24.8 Å². The number of aryl methyl sites for hydroxylation is 1. The smallest absolute Gasteiger partial charge is 0.243 e. The van der Waals surface area contributed by atoms with E-state index in [9.17, 15) is 8.42 Å². The molecule has 1 saturated heterocycles. The summed E-state index contributed by atoms with van der Waals surface area (Å²) in [6.45, 7) is 4.72. The van der Waals surface area contributed by atoms with Crippen LogP contribution in [0, 0.1) is 6.92 Å². The molecule has 0 saturated carbocycles. The first-order chi connectivity index (χ1) is 8.84. The number of rotatable bonds is 2. The number of hydrogen-bond acceptors (Lipinski definition) is 4. The molecule has 19 heavy (non-hydrogen) atoms. The highest BCUT2D eigenvalue weighted by Crippen LogP contribution is 2.29. The summed E-state index contributed by atoms with van der Waals surface area (Å²) in [5.41, 5.74) is 6.68. The van der Waals surface area contributed by atoms with Crippen molar-refractivity contribution < 1.29 is 13.2 Å². The van der Waals surface area contributed by atoms with E-state index in [2.05, 4.69) is 0 Å². The Hall–Kier alpha value is -0.820. The molecule has 1 aliphatic heterocycles. The van der Waals surface area contributed by atoms with Crippen LogP contribution in [0.4, 0.5) is 5.69 Å². The van der Waals surface area contributed by atoms with Gasteiger partial charge in [-0.25, -0.2) is 8.42 Å². The van der Waals surface area contributed by atoms with Crippen LogP contribution in [-0.4, -0.2) is 38.5 Å². The van der Waals surface area contributed by atoms with Crippen molar-refractivity contribution in [3.63, 3.8) is 0 Å².